The minimum atomic E-state index is -0.980. The van der Waals surface area contributed by atoms with Crippen molar-refractivity contribution in [2.75, 3.05) is 18.1 Å². The molecule has 6 nitrogen and oxygen atoms in total. The monoisotopic (exact) mass is 398 g/mol. The number of rotatable bonds is 5. The Balaban J connectivity index is 1.74. The summed E-state index contributed by atoms with van der Waals surface area (Å²) in [6.07, 6.45) is 4.02. The van der Waals surface area contributed by atoms with Gasteiger partial charge in [-0.1, -0.05) is 6.07 Å². The summed E-state index contributed by atoms with van der Waals surface area (Å²) in [4.78, 5) is 39.2. The molecule has 0 radical (unpaired) electrons. The average Bonchev–Trinajstić information content (AvgIpc) is 2.73. The van der Waals surface area contributed by atoms with Crippen LogP contribution in [-0.4, -0.2) is 46.6 Å². The molecule has 0 aliphatic carbocycles. The number of hydrogen-bond donors (Lipinski definition) is 2. The number of likely N-dealkylation sites (tertiary alicyclic amines) is 1. The normalized spacial score (nSPS) is 16.5. The van der Waals surface area contributed by atoms with Crippen molar-refractivity contribution in [3.05, 3.63) is 59.7 Å². The van der Waals surface area contributed by atoms with E-state index in [-0.39, 0.29) is 11.8 Å². The van der Waals surface area contributed by atoms with Crippen LogP contribution in [0.1, 0.15) is 40.0 Å². The Bertz CT molecular complexity index is 882. The Morgan fingerprint density at radius 3 is 2.50 bits per heavy atom. The van der Waals surface area contributed by atoms with Crippen LogP contribution in [0, 0.1) is 0 Å². The highest BCUT2D eigenvalue weighted by molar-refractivity contribution is 7.98. The number of carboxylic acids is 1. The Morgan fingerprint density at radius 1 is 1.07 bits per heavy atom. The summed E-state index contributed by atoms with van der Waals surface area (Å²) in [5.41, 5.74) is 1.38. The number of piperidine rings is 1. The molecule has 1 heterocycles. The van der Waals surface area contributed by atoms with Gasteiger partial charge >= 0.3 is 5.97 Å². The maximum atomic E-state index is 12.8. The van der Waals surface area contributed by atoms with E-state index in [1.54, 1.807) is 48.2 Å². The first-order chi connectivity index (χ1) is 13.5. The molecule has 1 saturated heterocycles. The van der Waals surface area contributed by atoms with Gasteiger partial charge in [0.15, 0.2) is 0 Å². The summed E-state index contributed by atoms with van der Waals surface area (Å²) in [7, 11) is 0. The first-order valence-electron chi connectivity index (χ1n) is 9.09. The molecular formula is C21H22N2O4S. The van der Waals surface area contributed by atoms with Gasteiger partial charge in [-0.05, 0) is 68.0 Å². The number of carbonyl (C=O) groups excluding carboxylic acids is 2. The Labute approximate surface area is 167 Å². The molecule has 28 heavy (non-hydrogen) atoms. The summed E-state index contributed by atoms with van der Waals surface area (Å²) in [5.74, 6) is -1.57. The number of benzene rings is 2. The van der Waals surface area contributed by atoms with Gasteiger partial charge in [0.1, 0.15) is 6.04 Å². The van der Waals surface area contributed by atoms with Crippen molar-refractivity contribution < 1.29 is 19.5 Å². The summed E-state index contributed by atoms with van der Waals surface area (Å²) in [6, 6.07) is 13.1. The molecule has 0 bridgehead atoms. The summed E-state index contributed by atoms with van der Waals surface area (Å²) < 4.78 is 0. The van der Waals surface area contributed by atoms with Crippen LogP contribution in [0.25, 0.3) is 0 Å². The number of nitrogens with one attached hydrogen (secondary N) is 1. The topological polar surface area (TPSA) is 86.7 Å². The number of nitrogens with zero attached hydrogens (tertiary/aromatic N) is 1. The van der Waals surface area contributed by atoms with E-state index in [0.29, 0.717) is 29.8 Å². The molecule has 3 rings (SSSR count). The smallest absolute Gasteiger partial charge is 0.326 e. The lowest BCUT2D eigenvalue weighted by atomic mass is 10.0. The molecule has 0 aromatic heterocycles. The second-order valence-electron chi connectivity index (χ2n) is 6.61. The molecule has 146 valence electrons. The molecule has 7 heteroatoms. The van der Waals surface area contributed by atoms with Crippen LogP contribution in [-0.2, 0) is 4.79 Å². The van der Waals surface area contributed by atoms with Crippen LogP contribution in [0.3, 0.4) is 0 Å². The van der Waals surface area contributed by atoms with E-state index < -0.39 is 12.0 Å². The minimum absolute atomic E-state index is 0.265. The van der Waals surface area contributed by atoms with Crippen molar-refractivity contribution in [3.8, 4) is 0 Å². The molecule has 1 unspecified atom stereocenters. The standard InChI is InChI=1S/C21H22N2O4S/c1-28-17-10-8-14(9-11-17)19(24)22-16-6-4-5-15(13-16)20(25)23-12-3-2-7-18(23)21(26)27/h4-6,8-11,13,18H,2-3,7,12H2,1H3,(H,22,24)(H,26,27). The Hall–Kier alpha value is -2.80. The van der Waals surface area contributed by atoms with Crippen molar-refractivity contribution in [3.63, 3.8) is 0 Å². The molecule has 1 aliphatic rings. The van der Waals surface area contributed by atoms with E-state index in [1.807, 2.05) is 18.4 Å². The van der Waals surface area contributed by atoms with Gasteiger partial charge in [-0.3, -0.25) is 9.59 Å². The van der Waals surface area contributed by atoms with Crippen LogP contribution in [0.5, 0.6) is 0 Å². The molecule has 2 amide bonds. The lowest BCUT2D eigenvalue weighted by Crippen LogP contribution is -2.48. The van der Waals surface area contributed by atoms with Crippen LogP contribution in [0.15, 0.2) is 53.4 Å². The molecule has 1 aliphatic heterocycles. The van der Waals surface area contributed by atoms with E-state index in [4.69, 9.17) is 0 Å². The van der Waals surface area contributed by atoms with E-state index in [1.165, 1.54) is 4.90 Å². The third-order valence-electron chi connectivity index (χ3n) is 4.77. The molecule has 2 aromatic carbocycles. The molecule has 2 N–H and O–H groups in total. The van der Waals surface area contributed by atoms with Crippen LogP contribution >= 0.6 is 11.8 Å². The largest absolute Gasteiger partial charge is 0.480 e. The molecular weight excluding hydrogens is 376 g/mol. The lowest BCUT2D eigenvalue weighted by Gasteiger charge is -2.33. The fraction of sp³-hybridized carbons (Fsp3) is 0.286. The van der Waals surface area contributed by atoms with Crippen molar-refractivity contribution in [2.24, 2.45) is 0 Å². The second kappa shape index (κ2) is 8.93. The van der Waals surface area contributed by atoms with Gasteiger partial charge in [0.05, 0.1) is 0 Å². The number of thioether (sulfide) groups is 1. The van der Waals surface area contributed by atoms with E-state index in [0.717, 1.165) is 17.7 Å². The van der Waals surface area contributed by atoms with Gasteiger partial charge in [0.2, 0.25) is 0 Å². The van der Waals surface area contributed by atoms with Crippen molar-refractivity contribution >= 4 is 35.2 Å². The molecule has 1 atom stereocenters. The van der Waals surface area contributed by atoms with Crippen molar-refractivity contribution in [2.45, 2.75) is 30.2 Å². The number of carbonyl (C=O) groups is 3. The van der Waals surface area contributed by atoms with Crippen molar-refractivity contribution in [1.82, 2.24) is 4.90 Å². The zero-order chi connectivity index (χ0) is 20.1. The lowest BCUT2D eigenvalue weighted by molar-refractivity contribution is -0.143. The van der Waals surface area contributed by atoms with Gasteiger partial charge < -0.3 is 15.3 Å². The van der Waals surface area contributed by atoms with E-state index >= 15 is 0 Å². The Kier molecular flexibility index (Phi) is 6.36. The Morgan fingerprint density at radius 2 is 1.82 bits per heavy atom. The molecule has 0 saturated carbocycles. The fourth-order valence-electron chi connectivity index (χ4n) is 3.27. The van der Waals surface area contributed by atoms with Gasteiger partial charge in [-0.15, -0.1) is 11.8 Å². The summed E-state index contributed by atoms with van der Waals surface area (Å²) in [6.45, 7) is 0.425. The second-order valence-corrected chi connectivity index (χ2v) is 7.49. The highest BCUT2D eigenvalue weighted by atomic mass is 32.2. The predicted octanol–water partition coefficient (Wildman–Crippen LogP) is 3.74. The third-order valence-corrected chi connectivity index (χ3v) is 5.51. The zero-order valence-electron chi connectivity index (χ0n) is 15.6. The molecule has 1 fully saturated rings. The number of hydrogen-bond acceptors (Lipinski definition) is 4. The van der Waals surface area contributed by atoms with Crippen LogP contribution < -0.4 is 5.32 Å². The quantitative estimate of drug-likeness (QED) is 0.750. The summed E-state index contributed by atoms with van der Waals surface area (Å²) in [5, 5.41) is 12.2. The maximum Gasteiger partial charge on any atom is 0.326 e. The molecule has 0 spiro atoms. The number of anilines is 1. The molecule has 2 aromatic rings. The van der Waals surface area contributed by atoms with Gasteiger partial charge in [-0.2, -0.15) is 0 Å². The zero-order valence-corrected chi connectivity index (χ0v) is 16.4. The van der Waals surface area contributed by atoms with E-state index in [2.05, 4.69) is 5.32 Å². The fourth-order valence-corrected chi connectivity index (χ4v) is 3.68. The van der Waals surface area contributed by atoms with Gasteiger partial charge in [0, 0.05) is 28.3 Å². The summed E-state index contributed by atoms with van der Waals surface area (Å²) >= 11 is 1.60. The van der Waals surface area contributed by atoms with E-state index in [9.17, 15) is 19.5 Å². The number of amides is 2. The average molecular weight is 398 g/mol. The highest BCUT2D eigenvalue weighted by Gasteiger charge is 2.32. The minimum Gasteiger partial charge on any atom is -0.480 e. The van der Waals surface area contributed by atoms with Crippen LogP contribution in [0.2, 0.25) is 0 Å². The van der Waals surface area contributed by atoms with Crippen molar-refractivity contribution in [1.29, 1.82) is 0 Å². The van der Waals surface area contributed by atoms with Crippen LogP contribution in [0.4, 0.5) is 5.69 Å². The third kappa shape index (κ3) is 4.54. The van der Waals surface area contributed by atoms with Gasteiger partial charge in [0.25, 0.3) is 11.8 Å². The number of carboxylic acid groups (broad SMARTS) is 1. The number of aliphatic carboxylic acids is 1. The maximum absolute atomic E-state index is 12.8. The highest BCUT2D eigenvalue weighted by Crippen LogP contribution is 2.22. The SMILES string of the molecule is CSc1ccc(C(=O)Nc2cccc(C(=O)N3CCCCC3C(=O)O)c2)cc1. The predicted molar refractivity (Wildman–Crippen MR) is 109 cm³/mol. The van der Waals surface area contributed by atoms with Gasteiger partial charge in [-0.25, -0.2) is 4.79 Å². The first-order valence-corrected chi connectivity index (χ1v) is 10.3. The first kappa shape index (κ1) is 19.9.